The minimum absolute atomic E-state index is 0.345. The first-order valence-corrected chi connectivity index (χ1v) is 6.06. The molecule has 5 nitrogen and oxygen atoms in total. The largest absolute Gasteiger partial charge is 0.487 e. The predicted molar refractivity (Wildman–Crippen MR) is 68.6 cm³/mol. The van der Waals surface area contributed by atoms with Gasteiger partial charge in [0.25, 0.3) is 0 Å². The average Bonchev–Trinajstić information content (AvgIpc) is 2.88. The van der Waals surface area contributed by atoms with Gasteiger partial charge in [0.15, 0.2) is 0 Å². The zero-order valence-electron chi connectivity index (χ0n) is 9.75. The monoisotopic (exact) mass is 264 g/mol. The molecule has 0 saturated carbocycles. The lowest BCUT2D eigenvalue weighted by Gasteiger charge is -2.10. The molecule has 0 amide bonds. The number of carbonyl (C=O) groups is 1. The molecule has 0 aliphatic carbocycles. The number of anilines is 1. The number of hydrogen-bond donors (Lipinski definition) is 1. The molecule has 0 spiro atoms. The van der Waals surface area contributed by atoms with E-state index in [1.165, 1.54) is 18.4 Å². The van der Waals surface area contributed by atoms with Crippen molar-refractivity contribution < 1.29 is 14.3 Å². The van der Waals surface area contributed by atoms with Gasteiger partial charge in [0, 0.05) is 18.0 Å². The van der Waals surface area contributed by atoms with Crippen molar-refractivity contribution in [2.24, 2.45) is 0 Å². The molecule has 0 aliphatic heterocycles. The van der Waals surface area contributed by atoms with E-state index < -0.39 is 5.97 Å². The van der Waals surface area contributed by atoms with Crippen LogP contribution < -0.4 is 10.5 Å². The van der Waals surface area contributed by atoms with Crippen molar-refractivity contribution in [3.8, 4) is 5.75 Å². The highest BCUT2D eigenvalue weighted by Crippen LogP contribution is 2.24. The van der Waals surface area contributed by atoms with Gasteiger partial charge >= 0.3 is 5.97 Å². The van der Waals surface area contributed by atoms with Crippen molar-refractivity contribution >= 4 is 23.0 Å². The number of nitrogens with two attached hydrogens (primary N) is 1. The molecule has 18 heavy (non-hydrogen) atoms. The van der Waals surface area contributed by atoms with Crippen LogP contribution in [0.25, 0.3) is 0 Å². The first-order valence-electron chi connectivity index (χ1n) is 5.18. The number of carbonyl (C=O) groups excluding carboxylic acids is 1. The molecule has 1 heterocycles. The summed E-state index contributed by atoms with van der Waals surface area (Å²) in [5.41, 5.74) is 8.28. The molecular formula is C12H12N2O3S. The van der Waals surface area contributed by atoms with Crippen molar-refractivity contribution in [3.05, 3.63) is 40.3 Å². The van der Waals surface area contributed by atoms with Gasteiger partial charge in [0.05, 0.1) is 17.5 Å². The minimum Gasteiger partial charge on any atom is -0.487 e. The van der Waals surface area contributed by atoms with E-state index >= 15 is 0 Å². The Morgan fingerprint density at radius 1 is 1.50 bits per heavy atom. The van der Waals surface area contributed by atoms with Crippen LogP contribution in [0.4, 0.5) is 5.69 Å². The third-order valence-electron chi connectivity index (χ3n) is 2.26. The number of ether oxygens (including phenoxy) is 2. The number of hydrogen-bond acceptors (Lipinski definition) is 6. The number of benzene rings is 1. The molecule has 0 bridgehead atoms. The molecule has 2 rings (SSSR count). The van der Waals surface area contributed by atoms with Crippen LogP contribution in [0, 0.1) is 0 Å². The van der Waals surface area contributed by atoms with Crippen LogP contribution in [0.15, 0.2) is 29.9 Å². The molecule has 0 saturated heterocycles. The molecule has 94 valence electrons. The summed E-state index contributed by atoms with van der Waals surface area (Å²) < 4.78 is 10.3. The summed E-state index contributed by atoms with van der Waals surface area (Å²) in [4.78, 5) is 16.5. The molecular weight excluding hydrogens is 252 g/mol. The number of nitrogen functional groups attached to an aromatic ring is 1. The maximum absolute atomic E-state index is 11.6. The van der Waals surface area contributed by atoms with E-state index in [1.54, 1.807) is 29.9 Å². The molecule has 2 aromatic rings. The zero-order valence-corrected chi connectivity index (χ0v) is 10.6. The Bertz CT molecular complexity index is 540. The van der Waals surface area contributed by atoms with Crippen LogP contribution >= 0.6 is 11.3 Å². The smallest absolute Gasteiger partial charge is 0.341 e. The standard InChI is InChI=1S/C12H12N2O3S/c1-16-12(15)10-3-2-8(13)4-11(10)17-6-9-5-14-7-18-9/h2-5,7H,6,13H2,1H3. The molecule has 0 aliphatic rings. The molecule has 0 radical (unpaired) electrons. The van der Waals surface area contributed by atoms with Gasteiger partial charge in [-0.1, -0.05) is 0 Å². The first-order chi connectivity index (χ1) is 8.70. The Morgan fingerprint density at radius 3 is 3.00 bits per heavy atom. The number of thiazole rings is 1. The zero-order chi connectivity index (χ0) is 13.0. The molecule has 0 atom stereocenters. The maximum Gasteiger partial charge on any atom is 0.341 e. The molecule has 1 aromatic carbocycles. The Labute approximate surface area is 108 Å². The van der Waals surface area contributed by atoms with E-state index in [1.807, 2.05) is 0 Å². The Morgan fingerprint density at radius 2 is 2.33 bits per heavy atom. The summed E-state index contributed by atoms with van der Waals surface area (Å²) in [7, 11) is 1.33. The van der Waals surface area contributed by atoms with E-state index in [9.17, 15) is 4.79 Å². The van der Waals surface area contributed by atoms with Crippen molar-refractivity contribution in [1.29, 1.82) is 0 Å². The molecule has 1 aromatic heterocycles. The van der Waals surface area contributed by atoms with Crippen molar-refractivity contribution in [2.45, 2.75) is 6.61 Å². The number of nitrogens with zero attached hydrogens (tertiary/aromatic N) is 1. The molecule has 0 unspecified atom stereocenters. The van der Waals surface area contributed by atoms with Gasteiger partial charge in [-0.25, -0.2) is 4.79 Å². The van der Waals surface area contributed by atoms with Gasteiger partial charge < -0.3 is 15.2 Å². The molecule has 2 N–H and O–H groups in total. The lowest BCUT2D eigenvalue weighted by Crippen LogP contribution is -2.06. The molecule has 0 fully saturated rings. The summed E-state index contributed by atoms with van der Waals surface area (Å²) in [5, 5.41) is 0. The van der Waals surface area contributed by atoms with Gasteiger partial charge in [-0.2, -0.15) is 0 Å². The highest BCUT2D eigenvalue weighted by molar-refractivity contribution is 7.09. The third kappa shape index (κ3) is 2.78. The summed E-state index contributed by atoms with van der Waals surface area (Å²) in [6, 6.07) is 4.82. The Kier molecular flexibility index (Phi) is 3.78. The lowest BCUT2D eigenvalue weighted by atomic mass is 10.2. The van der Waals surface area contributed by atoms with E-state index in [0.717, 1.165) is 4.88 Å². The van der Waals surface area contributed by atoms with Gasteiger partial charge in [0.2, 0.25) is 0 Å². The highest BCUT2D eigenvalue weighted by Gasteiger charge is 2.13. The van der Waals surface area contributed by atoms with E-state index in [2.05, 4.69) is 9.72 Å². The van der Waals surface area contributed by atoms with E-state index in [-0.39, 0.29) is 0 Å². The SMILES string of the molecule is COC(=O)c1ccc(N)cc1OCc1cncs1. The fourth-order valence-electron chi connectivity index (χ4n) is 1.40. The first kappa shape index (κ1) is 12.4. The van der Waals surface area contributed by atoms with Crippen LogP contribution in [0.1, 0.15) is 15.2 Å². The topological polar surface area (TPSA) is 74.4 Å². The number of esters is 1. The summed E-state index contributed by atoms with van der Waals surface area (Å²) in [6.07, 6.45) is 1.72. The second kappa shape index (κ2) is 5.50. The number of methoxy groups -OCH3 is 1. The van der Waals surface area contributed by atoms with Gasteiger partial charge in [-0.05, 0) is 12.1 Å². The Hall–Kier alpha value is -2.08. The average molecular weight is 264 g/mol. The van der Waals surface area contributed by atoms with Crippen molar-refractivity contribution in [1.82, 2.24) is 4.98 Å². The summed E-state index contributed by atoms with van der Waals surface area (Å²) >= 11 is 1.48. The van der Waals surface area contributed by atoms with Crippen LogP contribution in [-0.2, 0) is 11.3 Å². The fraction of sp³-hybridized carbons (Fsp3) is 0.167. The normalized spacial score (nSPS) is 10.1. The Balaban J connectivity index is 2.19. The quantitative estimate of drug-likeness (QED) is 0.676. The van der Waals surface area contributed by atoms with Crippen molar-refractivity contribution in [3.63, 3.8) is 0 Å². The van der Waals surface area contributed by atoms with Gasteiger partial charge in [0.1, 0.15) is 17.9 Å². The van der Waals surface area contributed by atoms with E-state index in [0.29, 0.717) is 23.6 Å². The van der Waals surface area contributed by atoms with Crippen LogP contribution in [0.2, 0.25) is 0 Å². The van der Waals surface area contributed by atoms with Crippen LogP contribution in [0.3, 0.4) is 0 Å². The van der Waals surface area contributed by atoms with E-state index in [4.69, 9.17) is 10.5 Å². The fourth-order valence-corrected chi connectivity index (χ4v) is 1.91. The van der Waals surface area contributed by atoms with Crippen molar-refractivity contribution in [2.75, 3.05) is 12.8 Å². The second-order valence-electron chi connectivity index (χ2n) is 3.50. The minimum atomic E-state index is -0.450. The summed E-state index contributed by atoms with van der Waals surface area (Å²) in [5.74, 6) is -0.0374. The molecule has 6 heteroatoms. The second-order valence-corrected chi connectivity index (χ2v) is 4.47. The highest BCUT2D eigenvalue weighted by atomic mass is 32.1. The lowest BCUT2D eigenvalue weighted by molar-refractivity contribution is 0.0595. The third-order valence-corrected chi connectivity index (χ3v) is 3.02. The maximum atomic E-state index is 11.6. The predicted octanol–water partition coefficient (Wildman–Crippen LogP) is 2.09. The summed E-state index contributed by atoms with van der Waals surface area (Å²) in [6.45, 7) is 0.345. The van der Waals surface area contributed by atoms with Crippen LogP contribution in [-0.4, -0.2) is 18.1 Å². The van der Waals surface area contributed by atoms with Gasteiger partial charge in [-0.15, -0.1) is 11.3 Å². The van der Waals surface area contributed by atoms with Gasteiger partial charge in [-0.3, -0.25) is 4.98 Å². The number of aromatic nitrogens is 1. The number of rotatable bonds is 4. The van der Waals surface area contributed by atoms with Crippen LogP contribution in [0.5, 0.6) is 5.75 Å².